The number of aryl methyl sites for hydroxylation is 2. The van der Waals surface area contributed by atoms with E-state index in [1.807, 2.05) is 38.1 Å². The van der Waals surface area contributed by atoms with Crippen LogP contribution in [0.1, 0.15) is 16.7 Å². The third-order valence-electron chi connectivity index (χ3n) is 3.73. The highest BCUT2D eigenvalue weighted by Gasteiger charge is 2.17. The molecule has 0 aliphatic rings. The summed E-state index contributed by atoms with van der Waals surface area (Å²) in [6, 6.07) is 8.88. The first-order valence-electron chi connectivity index (χ1n) is 7.68. The Morgan fingerprint density at radius 1 is 1.38 bits per heavy atom. The van der Waals surface area contributed by atoms with Crippen LogP contribution in [-0.4, -0.2) is 21.8 Å². The summed E-state index contributed by atoms with van der Waals surface area (Å²) < 4.78 is 1.01. The van der Waals surface area contributed by atoms with E-state index in [9.17, 15) is 20.0 Å². The number of hydrogen-bond acceptors (Lipinski definition) is 6. The maximum atomic E-state index is 12.2. The van der Waals surface area contributed by atoms with Gasteiger partial charge in [0.15, 0.2) is 0 Å². The lowest BCUT2D eigenvalue weighted by molar-refractivity contribution is -0.113. The molecule has 0 atom stereocenters. The Balaban J connectivity index is 1.79. The number of nitrogens with zero attached hydrogens (tertiary/aromatic N) is 1. The molecule has 3 N–H and O–H groups in total. The number of anilines is 1. The number of thioether (sulfide) groups is 1. The molecular formula is C18H15N3O3S2. The molecule has 132 valence electrons. The van der Waals surface area contributed by atoms with Gasteiger partial charge in [0.25, 0.3) is 5.56 Å². The molecule has 1 aromatic carbocycles. The Kier molecular flexibility index (Phi) is 5.02. The fourth-order valence-corrected chi connectivity index (χ4v) is 4.68. The summed E-state index contributed by atoms with van der Waals surface area (Å²) in [6.07, 6.45) is 0. The highest BCUT2D eigenvalue weighted by atomic mass is 32.2. The van der Waals surface area contributed by atoms with E-state index in [1.54, 1.807) is 0 Å². The topological polar surface area (TPSA) is 106 Å². The first-order chi connectivity index (χ1) is 12.4. The van der Waals surface area contributed by atoms with E-state index in [1.165, 1.54) is 23.1 Å². The fourth-order valence-electron chi connectivity index (χ4n) is 2.53. The SMILES string of the molecule is Cc1ccc(NC(=O)CSc2sc3c(O)cc(=O)[nH]c3c2C#N)c(C)c1. The lowest BCUT2D eigenvalue weighted by atomic mass is 10.1. The Labute approximate surface area is 157 Å². The zero-order chi connectivity index (χ0) is 18.8. The standard InChI is InChI=1S/C18H15N3O3S2/c1-9-3-4-12(10(2)5-9)20-15(24)8-25-18-11(7-19)16-17(26-18)13(22)6-14(23)21-16/h3-6H,8H2,1-2H3,(H,20,24)(H2,21,22,23). The van der Waals surface area contributed by atoms with Gasteiger partial charge in [-0.1, -0.05) is 17.7 Å². The predicted octanol–water partition coefficient (Wildman–Crippen LogP) is 3.51. The van der Waals surface area contributed by atoms with Crippen LogP contribution in [-0.2, 0) is 4.79 Å². The molecule has 2 aromatic heterocycles. The van der Waals surface area contributed by atoms with Crippen LogP contribution in [0.15, 0.2) is 33.3 Å². The minimum Gasteiger partial charge on any atom is -0.506 e. The number of aromatic hydroxyl groups is 1. The van der Waals surface area contributed by atoms with Crippen molar-refractivity contribution in [3.8, 4) is 11.8 Å². The molecule has 0 aliphatic carbocycles. The number of nitriles is 1. The molecule has 3 aromatic rings. The van der Waals surface area contributed by atoms with Crippen LogP contribution in [0.4, 0.5) is 5.69 Å². The second-order valence-corrected chi connectivity index (χ2v) is 8.02. The van der Waals surface area contributed by atoms with Crippen LogP contribution in [0.3, 0.4) is 0 Å². The van der Waals surface area contributed by atoms with Crippen LogP contribution >= 0.6 is 23.1 Å². The molecular weight excluding hydrogens is 370 g/mol. The van der Waals surface area contributed by atoms with Gasteiger partial charge in [-0.2, -0.15) is 5.26 Å². The van der Waals surface area contributed by atoms with Crippen LogP contribution in [0.25, 0.3) is 10.2 Å². The van der Waals surface area contributed by atoms with Crippen molar-refractivity contribution in [1.29, 1.82) is 5.26 Å². The number of amides is 1. The van der Waals surface area contributed by atoms with Crippen molar-refractivity contribution in [3.63, 3.8) is 0 Å². The number of pyridine rings is 1. The average molecular weight is 385 g/mol. The second-order valence-electron chi connectivity index (χ2n) is 5.75. The van der Waals surface area contributed by atoms with Gasteiger partial charge in [-0.05, 0) is 25.5 Å². The van der Waals surface area contributed by atoms with Gasteiger partial charge in [-0.25, -0.2) is 0 Å². The monoisotopic (exact) mass is 385 g/mol. The highest BCUT2D eigenvalue weighted by molar-refractivity contribution is 8.02. The summed E-state index contributed by atoms with van der Waals surface area (Å²) in [5, 5.41) is 22.1. The quantitative estimate of drug-likeness (QED) is 0.596. The number of fused-ring (bicyclic) bond motifs is 1. The number of carbonyl (C=O) groups excluding carboxylic acids is 1. The number of aromatic amines is 1. The summed E-state index contributed by atoms with van der Waals surface area (Å²) >= 11 is 2.38. The fraction of sp³-hybridized carbons (Fsp3) is 0.167. The minimum absolute atomic E-state index is 0.111. The minimum atomic E-state index is -0.478. The van der Waals surface area contributed by atoms with E-state index in [4.69, 9.17) is 0 Å². The van der Waals surface area contributed by atoms with Crippen molar-refractivity contribution in [3.05, 3.63) is 51.3 Å². The molecule has 0 aliphatic heterocycles. The van der Waals surface area contributed by atoms with Crippen molar-refractivity contribution in [2.24, 2.45) is 0 Å². The van der Waals surface area contributed by atoms with Gasteiger partial charge < -0.3 is 15.4 Å². The number of hydrogen-bond donors (Lipinski definition) is 3. The van der Waals surface area contributed by atoms with Crippen molar-refractivity contribution >= 4 is 44.9 Å². The van der Waals surface area contributed by atoms with E-state index in [0.717, 1.165) is 22.9 Å². The van der Waals surface area contributed by atoms with E-state index in [2.05, 4.69) is 10.3 Å². The van der Waals surface area contributed by atoms with Crippen LogP contribution in [0.5, 0.6) is 5.75 Å². The molecule has 3 rings (SSSR count). The lowest BCUT2D eigenvalue weighted by Crippen LogP contribution is -2.14. The van der Waals surface area contributed by atoms with Crippen molar-refractivity contribution in [1.82, 2.24) is 4.98 Å². The summed E-state index contributed by atoms with van der Waals surface area (Å²) in [5.74, 6) is -0.252. The molecule has 0 radical (unpaired) electrons. The smallest absolute Gasteiger partial charge is 0.252 e. The molecule has 0 unspecified atom stereocenters. The molecule has 1 amide bonds. The molecule has 6 nitrogen and oxygen atoms in total. The second kappa shape index (κ2) is 7.23. The van der Waals surface area contributed by atoms with Gasteiger partial charge in [0.1, 0.15) is 17.4 Å². The lowest BCUT2D eigenvalue weighted by Gasteiger charge is -2.08. The molecule has 0 spiro atoms. The molecule has 0 bridgehead atoms. The van der Waals surface area contributed by atoms with Gasteiger partial charge in [-0.3, -0.25) is 9.59 Å². The highest BCUT2D eigenvalue weighted by Crippen LogP contribution is 2.39. The average Bonchev–Trinajstić information content (AvgIpc) is 2.93. The van der Waals surface area contributed by atoms with E-state index in [0.29, 0.717) is 14.4 Å². The third-order valence-corrected chi connectivity index (χ3v) is 6.21. The maximum absolute atomic E-state index is 12.2. The number of rotatable bonds is 4. The van der Waals surface area contributed by atoms with E-state index >= 15 is 0 Å². The van der Waals surface area contributed by atoms with Crippen LogP contribution in [0.2, 0.25) is 0 Å². The first kappa shape index (κ1) is 18.0. The van der Waals surface area contributed by atoms with Gasteiger partial charge in [0, 0.05) is 11.8 Å². The molecule has 0 saturated heterocycles. The number of H-pyrrole nitrogens is 1. The summed E-state index contributed by atoms with van der Waals surface area (Å²) in [6.45, 7) is 3.91. The normalized spacial score (nSPS) is 10.7. The van der Waals surface area contributed by atoms with Gasteiger partial charge in [0.05, 0.1) is 20.2 Å². The van der Waals surface area contributed by atoms with Gasteiger partial charge in [-0.15, -0.1) is 23.1 Å². The molecule has 26 heavy (non-hydrogen) atoms. The Morgan fingerprint density at radius 2 is 2.15 bits per heavy atom. The number of benzene rings is 1. The van der Waals surface area contributed by atoms with E-state index in [-0.39, 0.29) is 23.0 Å². The number of nitrogens with one attached hydrogen (secondary N) is 2. The first-order valence-corrected chi connectivity index (χ1v) is 9.48. The Hall–Kier alpha value is -2.76. The maximum Gasteiger partial charge on any atom is 0.252 e. The van der Waals surface area contributed by atoms with Gasteiger partial charge in [0.2, 0.25) is 5.91 Å². The number of thiophene rings is 1. The molecule has 0 saturated carbocycles. The Morgan fingerprint density at radius 3 is 2.85 bits per heavy atom. The summed E-state index contributed by atoms with van der Waals surface area (Å²) in [4.78, 5) is 26.3. The largest absolute Gasteiger partial charge is 0.506 e. The third kappa shape index (κ3) is 3.59. The number of carbonyl (C=O) groups is 1. The predicted molar refractivity (Wildman–Crippen MR) is 104 cm³/mol. The molecule has 8 heteroatoms. The van der Waals surface area contributed by atoms with Crippen LogP contribution in [0, 0.1) is 25.2 Å². The zero-order valence-corrected chi connectivity index (χ0v) is 15.7. The zero-order valence-electron chi connectivity index (χ0n) is 14.0. The van der Waals surface area contributed by atoms with E-state index < -0.39 is 5.56 Å². The summed E-state index contributed by atoms with van der Waals surface area (Å²) in [5.41, 5.74) is 2.94. The molecule has 2 heterocycles. The number of aromatic nitrogens is 1. The van der Waals surface area contributed by atoms with Gasteiger partial charge >= 0.3 is 0 Å². The van der Waals surface area contributed by atoms with Crippen molar-refractivity contribution in [2.45, 2.75) is 18.1 Å². The van der Waals surface area contributed by atoms with Crippen molar-refractivity contribution in [2.75, 3.05) is 11.1 Å². The van der Waals surface area contributed by atoms with Crippen molar-refractivity contribution < 1.29 is 9.90 Å². The summed E-state index contributed by atoms with van der Waals surface area (Å²) in [7, 11) is 0. The van der Waals surface area contributed by atoms with Crippen LogP contribution < -0.4 is 10.9 Å². The Bertz CT molecular complexity index is 1110. The molecule has 0 fully saturated rings.